The van der Waals surface area contributed by atoms with Crippen molar-refractivity contribution in [1.82, 2.24) is 5.32 Å². The van der Waals surface area contributed by atoms with Crippen LogP contribution in [0.2, 0.25) is 0 Å². The molecule has 0 radical (unpaired) electrons. The van der Waals surface area contributed by atoms with Gasteiger partial charge in [0.25, 0.3) is 11.8 Å². The third kappa shape index (κ3) is 4.25. The third-order valence-corrected chi connectivity index (χ3v) is 4.36. The minimum atomic E-state index is -0.336. The monoisotopic (exact) mass is 355 g/mol. The summed E-state index contributed by atoms with van der Waals surface area (Å²) in [5.74, 6) is 0.155. The number of nitrogens with one attached hydrogen (secondary N) is 2. The third-order valence-electron chi connectivity index (χ3n) is 4.36. The Hall–Kier alpha value is -2.76. The topological polar surface area (TPSA) is 74.6 Å². The molecular formula is C20H25N3O3. The highest BCUT2D eigenvalue weighted by Gasteiger charge is 2.21. The molecule has 6 nitrogen and oxygen atoms in total. The zero-order chi connectivity index (χ0) is 18.5. The predicted octanol–water partition coefficient (Wildman–Crippen LogP) is 3.52. The van der Waals surface area contributed by atoms with Gasteiger partial charge >= 0.3 is 0 Å². The number of hydrogen-bond acceptors (Lipinski definition) is 4. The molecule has 26 heavy (non-hydrogen) atoms. The van der Waals surface area contributed by atoms with Crippen LogP contribution in [0, 0.1) is 5.92 Å². The molecule has 1 aromatic carbocycles. The number of benzene rings is 1. The molecule has 1 saturated heterocycles. The molecule has 6 heteroatoms. The first-order chi connectivity index (χ1) is 12.5. The fraction of sp³-hybridized carbons (Fsp3) is 0.400. The van der Waals surface area contributed by atoms with Gasteiger partial charge in [-0.05, 0) is 49.1 Å². The molecule has 0 unspecified atom stereocenters. The average molecular weight is 355 g/mol. The molecule has 2 aromatic rings. The standard InChI is InChI=1S/C20H25N3O3/c1-14(2)13-21-19(24)16-12-15(22-20(25)18-6-5-11-26-18)7-8-17(16)23-9-3-4-10-23/h5-8,11-12,14H,3-4,9-10,13H2,1-2H3,(H,21,24)(H,22,25). The number of hydrogen-bond donors (Lipinski definition) is 2. The van der Waals surface area contributed by atoms with Gasteiger partial charge in [0.05, 0.1) is 11.8 Å². The van der Waals surface area contributed by atoms with Gasteiger partial charge in [0.15, 0.2) is 5.76 Å². The van der Waals surface area contributed by atoms with Crippen molar-refractivity contribution in [3.63, 3.8) is 0 Å². The van der Waals surface area contributed by atoms with Crippen LogP contribution < -0.4 is 15.5 Å². The lowest BCUT2D eigenvalue weighted by Crippen LogP contribution is -2.30. The number of nitrogens with zero attached hydrogens (tertiary/aromatic N) is 1. The summed E-state index contributed by atoms with van der Waals surface area (Å²) < 4.78 is 5.12. The van der Waals surface area contributed by atoms with Crippen LogP contribution in [0.5, 0.6) is 0 Å². The van der Waals surface area contributed by atoms with Gasteiger partial charge in [-0.3, -0.25) is 9.59 Å². The minimum Gasteiger partial charge on any atom is -0.459 e. The second-order valence-electron chi connectivity index (χ2n) is 6.96. The van der Waals surface area contributed by atoms with Crippen LogP contribution >= 0.6 is 0 Å². The number of rotatable bonds is 6. The van der Waals surface area contributed by atoms with E-state index in [0.717, 1.165) is 31.6 Å². The predicted molar refractivity (Wildman–Crippen MR) is 102 cm³/mol. The Kier molecular flexibility index (Phi) is 5.61. The highest BCUT2D eigenvalue weighted by molar-refractivity contribution is 6.05. The number of anilines is 2. The van der Waals surface area contributed by atoms with Gasteiger partial charge < -0.3 is 20.0 Å². The molecule has 0 aliphatic carbocycles. The van der Waals surface area contributed by atoms with Crippen LogP contribution in [-0.4, -0.2) is 31.4 Å². The van der Waals surface area contributed by atoms with E-state index in [4.69, 9.17) is 4.42 Å². The molecule has 0 bridgehead atoms. The van der Waals surface area contributed by atoms with Gasteiger partial charge in [-0.25, -0.2) is 0 Å². The van der Waals surface area contributed by atoms with Crippen molar-refractivity contribution in [3.05, 3.63) is 47.9 Å². The zero-order valence-corrected chi connectivity index (χ0v) is 15.2. The van der Waals surface area contributed by atoms with Crippen LogP contribution in [0.15, 0.2) is 41.0 Å². The molecular weight excluding hydrogens is 330 g/mol. The lowest BCUT2D eigenvalue weighted by atomic mass is 10.1. The summed E-state index contributed by atoms with van der Waals surface area (Å²) >= 11 is 0. The lowest BCUT2D eigenvalue weighted by Gasteiger charge is -2.22. The summed E-state index contributed by atoms with van der Waals surface area (Å²) in [6, 6.07) is 8.74. The molecule has 0 spiro atoms. The normalized spacial score (nSPS) is 13.9. The van der Waals surface area contributed by atoms with Gasteiger partial charge in [0.2, 0.25) is 0 Å². The molecule has 1 aliphatic heterocycles. The summed E-state index contributed by atoms with van der Waals surface area (Å²) in [6.45, 7) is 6.62. The molecule has 1 aliphatic rings. The van der Waals surface area contributed by atoms with E-state index in [2.05, 4.69) is 29.4 Å². The van der Waals surface area contributed by atoms with Crippen molar-refractivity contribution < 1.29 is 14.0 Å². The molecule has 2 N–H and O–H groups in total. The van der Waals surface area contributed by atoms with E-state index < -0.39 is 0 Å². The van der Waals surface area contributed by atoms with Crippen LogP contribution in [-0.2, 0) is 0 Å². The van der Waals surface area contributed by atoms with Gasteiger partial charge in [0.1, 0.15) is 0 Å². The van der Waals surface area contributed by atoms with E-state index >= 15 is 0 Å². The van der Waals surface area contributed by atoms with Gasteiger partial charge in [-0.15, -0.1) is 0 Å². The summed E-state index contributed by atoms with van der Waals surface area (Å²) in [5, 5.41) is 5.76. The number of carbonyl (C=O) groups excluding carboxylic acids is 2. The molecule has 0 atom stereocenters. The Morgan fingerprint density at radius 2 is 1.92 bits per heavy atom. The van der Waals surface area contributed by atoms with E-state index in [1.807, 2.05) is 12.1 Å². The summed E-state index contributed by atoms with van der Waals surface area (Å²) in [5.41, 5.74) is 2.08. The smallest absolute Gasteiger partial charge is 0.291 e. The van der Waals surface area contributed by atoms with E-state index in [9.17, 15) is 9.59 Å². The summed E-state index contributed by atoms with van der Waals surface area (Å²) in [4.78, 5) is 27.1. The van der Waals surface area contributed by atoms with Crippen molar-refractivity contribution >= 4 is 23.2 Å². The van der Waals surface area contributed by atoms with E-state index in [-0.39, 0.29) is 17.6 Å². The first kappa shape index (κ1) is 18.0. The maximum absolute atomic E-state index is 12.7. The highest BCUT2D eigenvalue weighted by Crippen LogP contribution is 2.28. The SMILES string of the molecule is CC(C)CNC(=O)c1cc(NC(=O)c2ccco2)ccc1N1CCCC1. The molecule has 2 heterocycles. The lowest BCUT2D eigenvalue weighted by molar-refractivity contribution is 0.0947. The molecule has 1 fully saturated rings. The van der Waals surface area contributed by atoms with E-state index in [0.29, 0.717) is 23.7 Å². The van der Waals surface area contributed by atoms with Crippen LogP contribution in [0.25, 0.3) is 0 Å². The average Bonchev–Trinajstić information content (AvgIpc) is 3.33. The first-order valence-corrected chi connectivity index (χ1v) is 9.06. The molecule has 3 rings (SSSR count). The Morgan fingerprint density at radius 1 is 1.15 bits per heavy atom. The van der Waals surface area contributed by atoms with E-state index in [1.165, 1.54) is 6.26 Å². The van der Waals surface area contributed by atoms with Crippen molar-refractivity contribution in [2.45, 2.75) is 26.7 Å². The van der Waals surface area contributed by atoms with Gasteiger partial charge in [-0.2, -0.15) is 0 Å². The van der Waals surface area contributed by atoms with E-state index in [1.54, 1.807) is 18.2 Å². The van der Waals surface area contributed by atoms with Gasteiger partial charge in [0, 0.05) is 31.0 Å². The van der Waals surface area contributed by atoms with Crippen LogP contribution in [0.1, 0.15) is 47.6 Å². The maximum atomic E-state index is 12.7. The second kappa shape index (κ2) is 8.08. The molecule has 138 valence electrons. The van der Waals surface area contributed by atoms with Crippen LogP contribution in [0.4, 0.5) is 11.4 Å². The number of amides is 2. The number of carbonyl (C=O) groups is 2. The number of furan rings is 1. The molecule has 2 amide bonds. The van der Waals surface area contributed by atoms with Crippen LogP contribution in [0.3, 0.4) is 0 Å². The van der Waals surface area contributed by atoms with Crippen molar-refractivity contribution in [3.8, 4) is 0 Å². The Balaban J connectivity index is 1.84. The Morgan fingerprint density at radius 3 is 2.58 bits per heavy atom. The van der Waals surface area contributed by atoms with Crippen molar-refractivity contribution in [2.24, 2.45) is 5.92 Å². The zero-order valence-electron chi connectivity index (χ0n) is 15.2. The highest BCUT2D eigenvalue weighted by atomic mass is 16.3. The largest absolute Gasteiger partial charge is 0.459 e. The van der Waals surface area contributed by atoms with Crippen molar-refractivity contribution in [2.75, 3.05) is 29.9 Å². The van der Waals surface area contributed by atoms with Gasteiger partial charge in [-0.1, -0.05) is 13.8 Å². The Labute approximate surface area is 153 Å². The van der Waals surface area contributed by atoms with Crippen molar-refractivity contribution in [1.29, 1.82) is 0 Å². The molecule has 0 saturated carbocycles. The fourth-order valence-corrected chi connectivity index (χ4v) is 3.02. The quantitative estimate of drug-likeness (QED) is 0.831. The minimum absolute atomic E-state index is 0.116. The summed E-state index contributed by atoms with van der Waals surface area (Å²) in [6.07, 6.45) is 3.71. The maximum Gasteiger partial charge on any atom is 0.291 e. The fourth-order valence-electron chi connectivity index (χ4n) is 3.02. The second-order valence-corrected chi connectivity index (χ2v) is 6.96. The summed E-state index contributed by atoms with van der Waals surface area (Å²) in [7, 11) is 0. The Bertz CT molecular complexity index is 763. The molecule has 1 aromatic heterocycles. The first-order valence-electron chi connectivity index (χ1n) is 9.06.